The van der Waals surface area contributed by atoms with Gasteiger partial charge >= 0.3 is 0 Å². The molecule has 2 aromatic heterocycles. The van der Waals surface area contributed by atoms with Crippen LogP contribution in [0, 0.1) is 0 Å². The van der Waals surface area contributed by atoms with E-state index in [2.05, 4.69) is 10.1 Å². The highest BCUT2D eigenvalue weighted by Crippen LogP contribution is 2.38. The summed E-state index contributed by atoms with van der Waals surface area (Å²) in [5.74, 6) is 0. The zero-order chi connectivity index (χ0) is 17.1. The number of nitrogens with zero attached hydrogens (tertiary/aromatic N) is 2. The van der Waals surface area contributed by atoms with Crippen molar-refractivity contribution < 1.29 is 4.57 Å². The van der Waals surface area contributed by atoms with Crippen molar-refractivity contribution in [3.63, 3.8) is 0 Å². The molecule has 0 aliphatic rings. The van der Waals surface area contributed by atoms with Gasteiger partial charge in [0.15, 0.2) is 0 Å². The van der Waals surface area contributed by atoms with Crippen molar-refractivity contribution in [1.82, 2.24) is 14.5 Å². The molecule has 25 heavy (non-hydrogen) atoms. The minimum atomic E-state index is -2.93. The Bertz CT molecular complexity index is 952. The van der Waals surface area contributed by atoms with Gasteiger partial charge in [0.05, 0.1) is 5.69 Å². The first-order valence-electron chi connectivity index (χ1n) is 8.15. The molecule has 5 heteroatoms. The summed E-state index contributed by atoms with van der Waals surface area (Å²) in [6.07, 6.45) is 3.92. The van der Waals surface area contributed by atoms with Gasteiger partial charge in [0.25, 0.3) is 0 Å². The van der Waals surface area contributed by atoms with Gasteiger partial charge in [-0.25, -0.2) is 4.98 Å². The van der Waals surface area contributed by atoms with Crippen molar-refractivity contribution in [1.29, 1.82) is 0 Å². The van der Waals surface area contributed by atoms with Crippen molar-refractivity contribution >= 4 is 23.5 Å². The zero-order valence-electron chi connectivity index (χ0n) is 13.6. The molecular weight excluding hydrogens is 329 g/mol. The fraction of sp³-hybridized carbons (Fsp3) is 0.0500. The van der Waals surface area contributed by atoms with Gasteiger partial charge in [0.2, 0.25) is 7.29 Å². The van der Waals surface area contributed by atoms with Crippen LogP contribution in [0.4, 0.5) is 0 Å². The standard InChI is InChI=1S/C20H18N3OP/c24-25(18-9-3-1-4-10-18,19-11-5-2-6-12-19)21-15-17-16-23-14-8-7-13-20(23)22-17/h1-14,16H,15H2,(H,21,24). The zero-order valence-corrected chi connectivity index (χ0v) is 14.5. The van der Waals surface area contributed by atoms with Crippen LogP contribution in [0.25, 0.3) is 5.65 Å². The monoisotopic (exact) mass is 347 g/mol. The largest absolute Gasteiger partial charge is 0.307 e. The average molecular weight is 347 g/mol. The van der Waals surface area contributed by atoms with Crippen LogP contribution in [-0.4, -0.2) is 9.38 Å². The van der Waals surface area contributed by atoms with Gasteiger partial charge in [-0.1, -0.05) is 42.5 Å². The molecule has 124 valence electrons. The normalized spacial score (nSPS) is 11.7. The first kappa shape index (κ1) is 15.8. The highest BCUT2D eigenvalue weighted by molar-refractivity contribution is 7.76. The molecule has 0 amide bonds. The Kier molecular flexibility index (Phi) is 4.22. The lowest BCUT2D eigenvalue weighted by atomic mass is 10.4. The maximum absolute atomic E-state index is 13.9. The Labute approximate surface area is 146 Å². The summed E-state index contributed by atoms with van der Waals surface area (Å²) in [7, 11) is -2.93. The maximum atomic E-state index is 13.9. The van der Waals surface area contributed by atoms with Crippen LogP contribution in [0.3, 0.4) is 0 Å². The summed E-state index contributed by atoms with van der Waals surface area (Å²) in [5.41, 5.74) is 1.74. The quantitative estimate of drug-likeness (QED) is 0.563. The molecule has 2 heterocycles. The molecule has 0 radical (unpaired) electrons. The average Bonchev–Trinajstić information content (AvgIpc) is 3.10. The molecule has 0 saturated carbocycles. The minimum absolute atomic E-state index is 0.433. The molecule has 0 bridgehead atoms. The highest BCUT2D eigenvalue weighted by Gasteiger charge is 2.26. The lowest BCUT2D eigenvalue weighted by Crippen LogP contribution is -2.27. The van der Waals surface area contributed by atoms with Gasteiger partial charge in [-0.2, -0.15) is 0 Å². The number of aromatic nitrogens is 2. The molecule has 0 aliphatic heterocycles. The first-order valence-corrected chi connectivity index (χ1v) is 9.85. The van der Waals surface area contributed by atoms with E-state index in [0.717, 1.165) is 22.0 Å². The third kappa shape index (κ3) is 3.14. The Morgan fingerprint density at radius 2 is 1.44 bits per heavy atom. The van der Waals surface area contributed by atoms with Crippen LogP contribution >= 0.6 is 7.29 Å². The van der Waals surface area contributed by atoms with E-state index < -0.39 is 7.29 Å². The second-order valence-electron chi connectivity index (χ2n) is 5.81. The fourth-order valence-corrected chi connectivity index (χ4v) is 5.10. The second-order valence-corrected chi connectivity index (χ2v) is 8.38. The Morgan fingerprint density at radius 1 is 0.840 bits per heavy atom. The molecule has 0 atom stereocenters. The van der Waals surface area contributed by atoms with E-state index >= 15 is 0 Å². The molecular formula is C20H18N3OP. The van der Waals surface area contributed by atoms with Gasteiger partial charge in [-0.05, 0) is 36.4 Å². The fourth-order valence-electron chi connectivity index (χ4n) is 2.87. The van der Waals surface area contributed by atoms with Gasteiger partial charge < -0.3 is 4.40 Å². The molecule has 4 nitrogen and oxygen atoms in total. The number of benzene rings is 2. The molecule has 0 saturated heterocycles. The lowest BCUT2D eigenvalue weighted by Gasteiger charge is -2.20. The van der Waals surface area contributed by atoms with Crippen molar-refractivity contribution in [2.24, 2.45) is 0 Å². The molecule has 4 aromatic rings. The summed E-state index contributed by atoms with van der Waals surface area (Å²) < 4.78 is 15.8. The molecule has 0 spiro atoms. The van der Waals surface area contributed by atoms with E-state index in [1.807, 2.05) is 95.7 Å². The lowest BCUT2D eigenvalue weighted by molar-refractivity contribution is 0.577. The summed E-state index contributed by atoms with van der Waals surface area (Å²) in [6.45, 7) is 0.433. The van der Waals surface area contributed by atoms with Crippen LogP contribution in [0.5, 0.6) is 0 Å². The van der Waals surface area contributed by atoms with E-state index in [4.69, 9.17) is 0 Å². The van der Waals surface area contributed by atoms with Gasteiger partial charge in [-0.15, -0.1) is 0 Å². The smallest absolute Gasteiger partial charge is 0.204 e. The number of fused-ring (bicyclic) bond motifs is 1. The van der Waals surface area contributed by atoms with Crippen molar-refractivity contribution in [3.8, 4) is 0 Å². The van der Waals surface area contributed by atoms with E-state index in [0.29, 0.717) is 6.54 Å². The predicted octanol–water partition coefficient (Wildman–Crippen LogP) is 3.35. The number of hydrogen-bond acceptors (Lipinski definition) is 2. The van der Waals surface area contributed by atoms with Crippen LogP contribution in [-0.2, 0) is 11.1 Å². The Hall–Kier alpha value is -2.68. The number of pyridine rings is 1. The Morgan fingerprint density at radius 3 is 2.04 bits per heavy atom. The predicted molar refractivity (Wildman–Crippen MR) is 102 cm³/mol. The number of hydrogen-bond donors (Lipinski definition) is 1. The second kappa shape index (κ2) is 6.67. The number of rotatable bonds is 5. The summed E-state index contributed by atoms with van der Waals surface area (Å²) in [5, 5.41) is 4.88. The number of nitrogens with one attached hydrogen (secondary N) is 1. The van der Waals surface area contributed by atoms with Crippen molar-refractivity contribution in [3.05, 3.63) is 97.0 Å². The number of imidazole rings is 1. The van der Waals surface area contributed by atoms with Crippen LogP contribution in [0.15, 0.2) is 91.3 Å². The third-order valence-corrected chi connectivity index (χ3v) is 6.79. The van der Waals surface area contributed by atoms with Gasteiger partial charge in [-0.3, -0.25) is 9.65 Å². The minimum Gasteiger partial charge on any atom is -0.307 e. The van der Waals surface area contributed by atoms with Crippen molar-refractivity contribution in [2.45, 2.75) is 6.54 Å². The highest BCUT2D eigenvalue weighted by atomic mass is 31.2. The molecule has 0 fully saturated rings. The Balaban J connectivity index is 1.68. The van der Waals surface area contributed by atoms with Gasteiger partial charge in [0, 0.05) is 29.5 Å². The van der Waals surface area contributed by atoms with E-state index in [9.17, 15) is 4.57 Å². The molecule has 0 unspecified atom stereocenters. The summed E-state index contributed by atoms with van der Waals surface area (Å²) in [6, 6.07) is 25.0. The van der Waals surface area contributed by atoms with E-state index in [1.165, 1.54) is 0 Å². The molecule has 1 N–H and O–H groups in total. The first-order chi connectivity index (χ1) is 12.3. The van der Waals surface area contributed by atoms with E-state index in [1.54, 1.807) is 0 Å². The summed E-state index contributed by atoms with van der Waals surface area (Å²) in [4.78, 5) is 4.58. The molecule has 4 rings (SSSR count). The van der Waals surface area contributed by atoms with Crippen LogP contribution < -0.4 is 15.7 Å². The topological polar surface area (TPSA) is 46.4 Å². The van der Waals surface area contributed by atoms with Gasteiger partial charge in [0.1, 0.15) is 5.65 Å². The maximum Gasteiger partial charge on any atom is 0.204 e. The van der Waals surface area contributed by atoms with Crippen LogP contribution in [0.1, 0.15) is 5.69 Å². The third-order valence-electron chi connectivity index (χ3n) is 4.14. The SMILES string of the molecule is O=P(NCc1cn2ccccc2n1)(c1ccccc1)c1ccccc1. The van der Waals surface area contributed by atoms with E-state index in [-0.39, 0.29) is 0 Å². The summed E-state index contributed by atoms with van der Waals surface area (Å²) >= 11 is 0. The van der Waals surface area contributed by atoms with Crippen molar-refractivity contribution in [2.75, 3.05) is 0 Å². The molecule has 2 aromatic carbocycles. The molecule has 0 aliphatic carbocycles. The van der Waals surface area contributed by atoms with Crippen LogP contribution in [0.2, 0.25) is 0 Å².